The van der Waals surface area contributed by atoms with Crippen molar-refractivity contribution >= 4 is 11.5 Å². The van der Waals surface area contributed by atoms with Crippen molar-refractivity contribution in [2.75, 3.05) is 31.1 Å². The smallest absolute Gasteiger partial charge is 0.140 e. The first kappa shape index (κ1) is 17.1. The van der Waals surface area contributed by atoms with Crippen molar-refractivity contribution in [1.29, 1.82) is 0 Å². The second-order valence-electron chi connectivity index (χ2n) is 8.40. The van der Waals surface area contributed by atoms with Gasteiger partial charge in [0.05, 0.1) is 0 Å². The molecule has 27 heavy (non-hydrogen) atoms. The topological polar surface area (TPSA) is 61.3 Å². The molecule has 2 aliphatic heterocycles. The molecule has 2 N–H and O–H groups in total. The number of piperidine rings is 1. The molecule has 1 aliphatic carbocycles. The normalized spacial score (nSPS) is 22.9. The van der Waals surface area contributed by atoms with Crippen LogP contribution in [0.15, 0.2) is 24.5 Å². The molecule has 1 fully saturated rings. The van der Waals surface area contributed by atoms with E-state index in [2.05, 4.69) is 40.3 Å². The number of anilines is 2. The summed E-state index contributed by atoms with van der Waals surface area (Å²) in [5.41, 5.74) is 6.79. The van der Waals surface area contributed by atoms with Crippen LogP contribution in [0.25, 0.3) is 0 Å². The Morgan fingerprint density at radius 1 is 1.26 bits per heavy atom. The van der Waals surface area contributed by atoms with Gasteiger partial charge in [0.25, 0.3) is 0 Å². The number of nitrogens with zero attached hydrogens (tertiary/aromatic N) is 3. The molecule has 3 heterocycles. The van der Waals surface area contributed by atoms with Gasteiger partial charge in [-0.2, -0.15) is 0 Å². The molecule has 1 aromatic heterocycles. The first-order chi connectivity index (χ1) is 13.2. The van der Waals surface area contributed by atoms with Crippen LogP contribution in [0.3, 0.4) is 0 Å². The van der Waals surface area contributed by atoms with Crippen molar-refractivity contribution < 1.29 is 5.11 Å². The van der Waals surface area contributed by atoms with E-state index in [1.54, 1.807) is 6.33 Å². The van der Waals surface area contributed by atoms with Gasteiger partial charge in [-0.05, 0) is 68.3 Å². The molecule has 0 saturated carbocycles. The van der Waals surface area contributed by atoms with Gasteiger partial charge in [0, 0.05) is 35.5 Å². The van der Waals surface area contributed by atoms with Crippen LogP contribution in [0.1, 0.15) is 54.5 Å². The third kappa shape index (κ3) is 2.59. The molecule has 0 amide bonds. The summed E-state index contributed by atoms with van der Waals surface area (Å²) in [5, 5.41) is 13.2. The first-order valence-corrected chi connectivity index (χ1v) is 10.3. The molecule has 3 aliphatic rings. The monoisotopic (exact) mass is 364 g/mol. The Bertz CT molecular complexity index is 859. The fraction of sp³-hybridized carbons (Fsp3) is 0.545. The number of aromatic nitrogens is 2. The van der Waals surface area contributed by atoms with E-state index >= 15 is 0 Å². The summed E-state index contributed by atoms with van der Waals surface area (Å²) < 4.78 is 0. The molecule has 0 bridgehead atoms. The van der Waals surface area contributed by atoms with E-state index in [-0.39, 0.29) is 12.0 Å². The molecule has 5 rings (SSSR count). The highest BCUT2D eigenvalue weighted by Gasteiger charge is 2.46. The molecule has 142 valence electrons. The highest BCUT2D eigenvalue weighted by atomic mass is 16.2. The molecule has 0 radical (unpaired) electrons. The Labute approximate surface area is 160 Å². The van der Waals surface area contributed by atoms with E-state index in [1.807, 2.05) is 0 Å². The Morgan fingerprint density at radius 3 is 2.93 bits per heavy atom. The summed E-state index contributed by atoms with van der Waals surface area (Å²) in [5.74, 6) is 1.63. The number of hydrogen-bond acceptors (Lipinski definition) is 5. The van der Waals surface area contributed by atoms with Crippen molar-refractivity contribution in [2.24, 2.45) is 0 Å². The molecule has 1 spiro atoms. The summed E-state index contributed by atoms with van der Waals surface area (Å²) in [6.45, 7) is 5.60. The lowest BCUT2D eigenvalue weighted by atomic mass is 9.72. The first-order valence-electron chi connectivity index (χ1n) is 10.3. The highest BCUT2D eigenvalue weighted by Crippen LogP contribution is 2.52. The number of rotatable bonds is 3. The average Bonchev–Trinajstić information content (AvgIpc) is 3.22. The summed E-state index contributed by atoms with van der Waals surface area (Å²) in [7, 11) is 0. The fourth-order valence-electron chi connectivity index (χ4n) is 5.56. The minimum Gasteiger partial charge on any atom is -0.396 e. The number of aliphatic hydroxyl groups is 1. The Hall–Kier alpha value is -1.98. The molecule has 1 atom stereocenters. The van der Waals surface area contributed by atoms with Crippen molar-refractivity contribution in [3.8, 4) is 0 Å². The van der Waals surface area contributed by atoms with E-state index in [0.717, 1.165) is 51.1 Å². The largest absolute Gasteiger partial charge is 0.396 e. The summed E-state index contributed by atoms with van der Waals surface area (Å²) in [6, 6.07) is 6.60. The molecule has 2 aromatic rings. The maximum Gasteiger partial charge on any atom is 0.140 e. The Kier molecular flexibility index (Phi) is 4.17. The summed E-state index contributed by atoms with van der Waals surface area (Å²) in [4.78, 5) is 11.8. The zero-order valence-electron chi connectivity index (χ0n) is 16.0. The standard InChI is InChI=1S/C22H28N4O/c1-15-5-6-17-19(15)21(25-14-24-17)26-13-22(8-10-23-11-9-22)20-16(7-12-27)3-2-4-18(20)26/h2-4,14-15,23,27H,5-13H2,1H3/t15-/m1/s1. The van der Waals surface area contributed by atoms with E-state index in [0.29, 0.717) is 5.92 Å². The van der Waals surface area contributed by atoms with Gasteiger partial charge in [-0.25, -0.2) is 9.97 Å². The van der Waals surface area contributed by atoms with Gasteiger partial charge in [0.15, 0.2) is 0 Å². The van der Waals surface area contributed by atoms with Gasteiger partial charge in [-0.1, -0.05) is 19.1 Å². The quantitative estimate of drug-likeness (QED) is 0.877. The van der Waals surface area contributed by atoms with Crippen molar-refractivity contribution in [3.63, 3.8) is 0 Å². The van der Waals surface area contributed by atoms with Crippen LogP contribution in [0.4, 0.5) is 11.5 Å². The SMILES string of the molecule is C[C@@H]1CCc2ncnc(N3CC4(CCNCC4)c4c(CCO)cccc43)c21. The van der Waals surface area contributed by atoms with Crippen LogP contribution in [-0.4, -0.2) is 41.3 Å². The third-order valence-corrected chi connectivity index (χ3v) is 6.86. The second-order valence-corrected chi connectivity index (χ2v) is 8.40. The van der Waals surface area contributed by atoms with Crippen molar-refractivity contribution in [3.05, 3.63) is 46.9 Å². The van der Waals surface area contributed by atoms with Gasteiger partial charge in [-0.3, -0.25) is 0 Å². The van der Waals surface area contributed by atoms with Crippen LogP contribution in [0, 0.1) is 0 Å². The lowest BCUT2D eigenvalue weighted by Crippen LogP contribution is -2.43. The summed E-state index contributed by atoms with van der Waals surface area (Å²) in [6.07, 6.45) is 6.98. The van der Waals surface area contributed by atoms with Crippen LogP contribution >= 0.6 is 0 Å². The zero-order chi connectivity index (χ0) is 18.4. The van der Waals surface area contributed by atoms with Crippen molar-refractivity contribution in [2.45, 2.75) is 50.4 Å². The highest BCUT2D eigenvalue weighted by molar-refractivity contribution is 5.75. The van der Waals surface area contributed by atoms with Gasteiger partial charge in [0.1, 0.15) is 12.1 Å². The fourth-order valence-corrected chi connectivity index (χ4v) is 5.56. The second kappa shape index (κ2) is 6.57. The predicted octanol–water partition coefficient (Wildman–Crippen LogP) is 2.83. The van der Waals surface area contributed by atoms with Gasteiger partial charge in [0.2, 0.25) is 0 Å². The van der Waals surface area contributed by atoms with E-state index in [4.69, 9.17) is 4.98 Å². The Balaban J connectivity index is 1.68. The van der Waals surface area contributed by atoms with Gasteiger partial charge in [-0.15, -0.1) is 0 Å². The predicted molar refractivity (Wildman–Crippen MR) is 107 cm³/mol. The number of benzene rings is 1. The van der Waals surface area contributed by atoms with E-state index < -0.39 is 0 Å². The number of fused-ring (bicyclic) bond motifs is 3. The molecule has 1 aromatic carbocycles. The maximum atomic E-state index is 9.64. The van der Waals surface area contributed by atoms with E-state index in [1.165, 1.54) is 34.5 Å². The van der Waals surface area contributed by atoms with Crippen LogP contribution in [0.2, 0.25) is 0 Å². The molecule has 0 unspecified atom stereocenters. The molecule has 5 nitrogen and oxygen atoms in total. The lowest BCUT2D eigenvalue weighted by molar-refractivity contribution is 0.295. The zero-order valence-corrected chi connectivity index (χ0v) is 16.0. The molecular weight excluding hydrogens is 336 g/mol. The average molecular weight is 364 g/mol. The number of nitrogens with one attached hydrogen (secondary N) is 1. The summed E-state index contributed by atoms with van der Waals surface area (Å²) >= 11 is 0. The van der Waals surface area contributed by atoms with Crippen LogP contribution < -0.4 is 10.2 Å². The van der Waals surface area contributed by atoms with Gasteiger partial charge < -0.3 is 15.3 Å². The minimum atomic E-state index is 0.159. The third-order valence-electron chi connectivity index (χ3n) is 6.86. The minimum absolute atomic E-state index is 0.159. The van der Waals surface area contributed by atoms with Crippen molar-refractivity contribution in [1.82, 2.24) is 15.3 Å². The van der Waals surface area contributed by atoms with Crippen LogP contribution in [-0.2, 0) is 18.3 Å². The number of hydrogen-bond donors (Lipinski definition) is 2. The molecule has 1 saturated heterocycles. The van der Waals surface area contributed by atoms with Crippen LogP contribution in [0.5, 0.6) is 0 Å². The lowest BCUT2D eigenvalue weighted by Gasteiger charge is -2.36. The molecule has 5 heteroatoms. The van der Waals surface area contributed by atoms with Gasteiger partial charge >= 0.3 is 0 Å². The Morgan fingerprint density at radius 2 is 2.11 bits per heavy atom. The maximum absolute atomic E-state index is 9.64. The van der Waals surface area contributed by atoms with E-state index in [9.17, 15) is 5.11 Å². The number of aryl methyl sites for hydroxylation is 1. The molecular formula is C22H28N4O. The number of aliphatic hydroxyl groups excluding tert-OH is 1.